The topological polar surface area (TPSA) is 49.8 Å². The summed E-state index contributed by atoms with van der Waals surface area (Å²) in [6.07, 6.45) is 0. The van der Waals surface area contributed by atoms with Crippen molar-refractivity contribution in [2.45, 2.75) is 12.3 Å². The fraction of sp³-hybridized carbons (Fsp3) is 0.462. The number of nitrogens with zero attached hydrogens (tertiary/aromatic N) is 1. The molecule has 1 amide bonds. The summed E-state index contributed by atoms with van der Waals surface area (Å²) in [5.41, 5.74) is 1.00. The number of ether oxygens (including phenoxy) is 1. The highest BCUT2D eigenvalue weighted by molar-refractivity contribution is 8.00. The summed E-state index contributed by atoms with van der Waals surface area (Å²) in [5, 5.41) is 9.00. The Bertz CT molecular complexity index is 424. The Morgan fingerprint density at radius 1 is 1.50 bits per heavy atom. The zero-order valence-electron chi connectivity index (χ0n) is 10.3. The Morgan fingerprint density at radius 2 is 2.28 bits per heavy atom. The van der Waals surface area contributed by atoms with Gasteiger partial charge in [-0.05, 0) is 13.0 Å². The van der Waals surface area contributed by atoms with E-state index >= 15 is 0 Å². The standard InChI is InChI=1S/C13H17NO3S/c1-2-17-11-6-4-3-5-10(11)13-14(7-8-15)12(16)9-18-13/h3-6,13,15H,2,7-9H2,1H3. The Morgan fingerprint density at radius 3 is 3.00 bits per heavy atom. The van der Waals surface area contributed by atoms with Crippen molar-refractivity contribution in [1.82, 2.24) is 4.90 Å². The first-order valence-electron chi connectivity index (χ1n) is 6.01. The van der Waals surface area contributed by atoms with E-state index in [1.807, 2.05) is 31.2 Å². The van der Waals surface area contributed by atoms with Crippen LogP contribution in [0.4, 0.5) is 0 Å². The highest BCUT2D eigenvalue weighted by Gasteiger charge is 2.33. The third-order valence-electron chi connectivity index (χ3n) is 2.79. The number of amides is 1. The van der Waals surface area contributed by atoms with Crippen LogP contribution < -0.4 is 4.74 Å². The molecule has 1 atom stereocenters. The van der Waals surface area contributed by atoms with Gasteiger partial charge in [-0.1, -0.05) is 18.2 Å². The molecule has 1 saturated heterocycles. The van der Waals surface area contributed by atoms with E-state index < -0.39 is 0 Å². The van der Waals surface area contributed by atoms with Gasteiger partial charge in [0.1, 0.15) is 11.1 Å². The summed E-state index contributed by atoms with van der Waals surface area (Å²) in [7, 11) is 0. The fourth-order valence-electron chi connectivity index (χ4n) is 2.03. The van der Waals surface area contributed by atoms with Gasteiger partial charge < -0.3 is 14.7 Å². The number of aliphatic hydroxyl groups excluding tert-OH is 1. The smallest absolute Gasteiger partial charge is 0.233 e. The van der Waals surface area contributed by atoms with Crippen molar-refractivity contribution in [2.75, 3.05) is 25.5 Å². The predicted octanol–water partition coefficient (Wildman–Crippen LogP) is 1.65. The van der Waals surface area contributed by atoms with Crippen LogP contribution in [0.25, 0.3) is 0 Å². The van der Waals surface area contributed by atoms with Gasteiger partial charge in [0.05, 0.1) is 19.0 Å². The first-order valence-corrected chi connectivity index (χ1v) is 7.06. The van der Waals surface area contributed by atoms with E-state index in [0.29, 0.717) is 18.9 Å². The van der Waals surface area contributed by atoms with Crippen molar-refractivity contribution in [1.29, 1.82) is 0 Å². The molecule has 1 unspecified atom stereocenters. The highest BCUT2D eigenvalue weighted by Crippen LogP contribution is 2.42. The summed E-state index contributed by atoms with van der Waals surface area (Å²) in [4.78, 5) is 13.5. The summed E-state index contributed by atoms with van der Waals surface area (Å²) in [5.74, 6) is 1.35. The number of thioether (sulfide) groups is 1. The van der Waals surface area contributed by atoms with E-state index in [9.17, 15) is 4.79 Å². The number of rotatable bonds is 5. The number of hydrogen-bond donors (Lipinski definition) is 1. The molecular weight excluding hydrogens is 250 g/mol. The summed E-state index contributed by atoms with van der Waals surface area (Å²) >= 11 is 1.58. The summed E-state index contributed by atoms with van der Waals surface area (Å²) in [6.45, 7) is 2.90. The SMILES string of the molecule is CCOc1ccccc1C1SCC(=O)N1CCO. The van der Waals surface area contributed by atoms with Gasteiger partial charge >= 0.3 is 0 Å². The van der Waals surface area contributed by atoms with E-state index in [0.717, 1.165) is 11.3 Å². The number of hydrogen-bond acceptors (Lipinski definition) is 4. The molecule has 4 nitrogen and oxygen atoms in total. The molecule has 2 rings (SSSR count). The molecule has 18 heavy (non-hydrogen) atoms. The molecule has 0 spiro atoms. The highest BCUT2D eigenvalue weighted by atomic mass is 32.2. The van der Waals surface area contributed by atoms with Gasteiger partial charge in [-0.25, -0.2) is 0 Å². The Labute approximate surface area is 111 Å². The van der Waals surface area contributed by atoms with Gasteiger partial charge in [-0.3, -0.25) is 4.79 Å². The van der Waals surface area contributed by atoms with Crippen molar-refractivity contribution in [3.63, 3.8) is 0 Å². The fourth-order valence-corrected chi connectivity index (χ4v) is 3.28. The van der Waals surface area contributed by atoms with Crippen LogP contribution in [0.5, 0.6) is 5.75 Å². The molecule has 0 saturated carbocycles. The van der Waals surface area contributed by atoms with Crippen molar-refractivity contribution in [2.24, 2.45) is 0 Å². The van der Waals surface area contributed by atoms with Gasteiger partial charge in [0.2, 0.25) is 5.91 Å². The molecule has 1 fully saturated rings. The van der Waals surface area contributed by atoms with Crippen molar-refractivity contribution in [3.05, 3.63) is 29.8 Å². The summed E-state index contributed by atoms with van der Waals surface area (Å²) < 4.78 is 5.60. The average Bonchev–Trinajstić information content (AvgIpc) is 2.73. The largest absolute Gasteiger partial charge is 0.493 e. The normalized spacial score (nSPS) is 19.3. The third-order valence-corrected chi connectivity index (χ3v) is 4.03. The predicted molar refractivity (Wildman–Crippen MR) is 71.6 cm³/mol. The number of carbonyl (C=O) groups is 1. The second-order valence-corrected chi connectivity index (χ2v) is 5.01. The van der Waals surface area contributed by atoms with Crippen LogP contribution in [-0.4, -0.2) is 41.4 Å². The zero-order chi connectivity index (χ0) is 13.0. The molecule has 1 aliphatic heterocycles. The van der Waals surface area contributed by atoms with E-state index in [4.69, 9.17) is 9.84 Å². The van der Waals surface area contributed by atoms with Crippen LogP contribution in [-0.2, 0) is 4.79 Å². The van der Waals surface area contributed by atoms with Crippen molar-refractivity contribution in [3.8, 4) is 5.75 Å². The number of carbonyl (C=O) groups excluding carboxylic acids is 1. The monoisotopic (exact) mass is 267 g/mol. The van der Waals surface area contributed by atoms with Gasteiger partial charge in [-0.2, -0.15) is 0 Å². The molecule has 1 heterocycles. The Hall–Kier alpha value is -1.20. The molecule has 0 aromatic heterocycles. The second kappa shape index (κ2) is 6.11. The molecule has 5 heteroatoms. The quantitative estimate of drug-likeness (QED) is 0.881. The minimum Gasteiger partial charge on any atom is -0.493 e. The van der Waals surface area contributed by atoms with Gasteiger partial charge in [-0.15, -0.1) is 11.8 Å². The molecule has 1 aliphatic rings. The van der Waals surface area contributed by atoms with Crippen LogP contribution in [0.2, 0.25) is 0 Å². The van der Waals surface area contributed by atoms with Crippen LogP contribution in [0.1, 0.15) is 17.9 Å². The third kappa shape index (κ3) is 2.62. The lowest BCUT2D eigenvalue weighted by molar-refractivity contribution is -0.128. The maximum Gasteiger partial charge on any atom is 0.233 e. The van der Waals surface area contributed by atoms with Crippen LogP contribution in [0.15, 0.2) is 24.3 Å². The lowest BCUT2D eigenvalue weighted by Gasteiger charge is -2.24. The first kappa shape index (κ1) is 13.2. The minimum atomic E-state index is -0.0487. The van der Waals surface area contributed by atoms with Crippen LogP contribution in [0, 0.1) is 0 Å². The van der Waals surface area contributed by atoms with E-state index in [1.54, 1.807) is 16.7 Å². The molecule has 0 aliphatic carbocycles. The van der Waals surface area contributed by atoms with Crippen LogP contribution >= 0.6 is 11.8 Å². The Balaban J connectivity index is 2.27. The van der Waals surface area contributed by atoms with Gasteiger partial charge in [0.15, 0.2) is 0 Å². The number of para-hydroxylation sites is 1. The van der Waals surface area contributed by atoms with E-state index in [-0.39, 0.29) is 17.9 Å². The van der Waals surface area contributed by atoms with E-state index in [1.165, 1.54) is 0 Å². The number of benzene rings is 1. The maximum atomic E-state index is 11.8. The van der Waals surface area contributed by atoms with Gasteiger partial charge in [0, 0.05) is 12.1 Å². The molecule has 1 aromatic carbocycles. The van der Waals surface area contributed by atoms with Crippen molar-refractivity contribution < 1.29 is 14.6 Å². The second-order valence-electron chi connectivity index (χ2n) is 3.94. The first-order chi connectivity index (χ1) is 8.77. The molecule has 1 aromatic rings. The average molecular weight is 267 g/mol. The molecule has 0 radical (unpaired) electrons. The van der Waals surface area contributed by atoms with Crippen LogP contribution in [0.3, 0.4) is 0 Å². The van der Waals surface area contributed by atoms with E-state index in [2.05, 4.69) is 0 Å². The lowest BCUT2D eigenvalue weighted by atomic mass is 10.2. The summed E-state index contributed by atoms with van der Waals surface area (Å²) in [6, 6.07) is 7.76. The lowest BCUT2D eigenvalue weighted by Crippen LogP contribution is -2.31. The number of aliphatic hydroxyl groups is 1. The molecule has 1 N–H and O–H groups in total. The van der Waals surface area contributed by atoms with Gasteiger partial charge in [0.25, 0.3) is 0 Å². The maximum absolute atomic E-state index is 11.8. The zero-order valence-corrected chi connectivity index (χ0v) is 11.2. The number of β-amino-alcohol motifs (C(OH)–C–C–N with tert-alkyl or cyclic N) is 1. The molecular formula is C13H17NO3S. The molecule has 0 bridgehead atoms. The Kier molecular flexibility index (Phi) is 4.49. The van der Waals surface area contributed by atoms with Crippen molar-refractivity contribution >= 4 is 17.7 Å². The minimum absolute atomic E-state index is 0.0143. The molecule has 98 valence electrons.